The molecule has 3 heterocycles. The Balaban J connectivity index is 1.59. The van der Waals surface area contributed by atoms with Crippen LogP contribution in [0.1, 0.15) is 17.4 Å². The molecule has 0 aliphatic carbocycles. The molecule has 3 aromatic heterocycles. The Morgan fingerprint density at radius 1 is 1.41 bits per heavy atom. The lowest BCUT2D eigenvalue weighted by Crippen LogP contribution is -2.13. The van der Waals surface area contributed by atoms with Gasteiger partial charge in [0, 0.05) is 24.3 Å². The van der Waals surface area contributed by atoms with Gasteiger partial charge in [-0.3, -0.25) is 4.40 Å². The van der Waals surface area contributed by atoms with Crippen LogP contribution in [0.3, 0.4) is 0 Å². The first-order valence-electron chi connectivity index (χ1n) is 5.22. The van der Waals surface area contributed by atoms with Gasteiger partial charge in [-0.25, -0.2) is 4.98 Å². The summed E-state index contributed by atoms with van der Waals surface area (Å²) >= 11 is 1.62. The molecule has 0 bridgehead atoms. The molecule has 88 valence electrons. The lowest BCUT2D eigenvalue weighted by Gasteiger charge is -1.96. The van der Waals surface area contributed by atoms with Crippen molar-refractivity contribution in [3.8, 4) is 0 Å². The van der Waals surface area contributed by atoms with Gasteiger partial charge in [0.25, 0.3) is 0 Å². The molecule has 3 aromatic rings. The Hall–Kier alpha value is -1.73. The van der Waals surface area contributed by atoms with Gasteiger partial charge in [0.05, 0.1) is 12.2 Å². The van der Waals surface area contributed by atoms with Gasteiger partial charge in [0.1, 0.15) is 0 Å². The zero-order chi connectivity index (χ0) is 11.7. The first-order chi connectivity index (χ1) is 8.31. The lowest BCUT2D eigenvalue weighted by atomic mass is 10.4. The Morgan fingerprint density at radius 2 is 2.35 bits per heavy atom. The van der Waals surface area contributed by atoms with Crippen LogP contribution in [-0.4, -0.2) is 19.5 Å². The van der Waals surface area contributed by atoms with E-state index >= 15 is 0 Å². The predicted octanol–water partition coefficient (Wildman–Crippen LogP) is 1.38. The van der Waals surface area contributed by atoms with Gasteiger partial charge in [-0.05, 0) is 6.92 Å². The van der Waals surface area contributed by atoms with Crippen LogP contribution < -0.4 is 5.32 Å². The molecule has 0 fully saturated rings. The second-order valence-electron chi connectivity index (χ2n) is 3.66. The summed E-state index contributed by atoms with van der Waals surface area (Å²) < 4.78 is 7.01. The van der Waals surface area contributed by atoms with Gasteiger partial charge in [-0.1, -0.05) is 5.16 Å². The van der Waals surface area contributed by atoms with E-state index in [1.54, 1.807) is 18.3 Å². The molecular weight excluding hydrogens is 238 g/mol. The number of fused-ring (bicyclic) bond motifs is 1. The van der Waals surface area contributed by atoms with Crippen LogP contribution in [-0.2, 0) is 13.1 Å². The number of nitrogens with one attached hydrogen (secondary N) is 1. The minimum Gasteiger partial charge on any atom is -0.338 e. The summed E-state index contributed by atoms with van der Waals surface area (Å²) in [5.41, 5.74) is 1.01. The Bertz CT molecular complexity index is 597. The zero-order valence-electron chi connectivity index (χ0n) is 9.25. The van der Waals surface area contributed by atoms with Crippen LogP contribution in [0.2, 0.25) is 0 Å². The molecule has 7 heteroatoms. The maximum absolute atomic E-state index is 5.00. The van der Waals surface area contributed by atoms with Gasteiger partial charge in [0.2, 0.25) is 5.89 Å². The summed E-state index contributed by atoms with van der Waals surface area (Å²) in [7, 11) is 0. The smallest absolute Gasteiger partial charge is 0.240 e. The van der Waals surface area contributed by atoms with E-state index in [0.717, 1.165) is 10.7 Å². The van der Waals surface area contributed by atoms with Crippen LogP contribution >= 0.6 is 11.3 Å². The standard InChI is InChI=1S/C10H11N5OS/c1-7-12-9(16-14-7)5-11-4-8-6-15-2-3-17-10(15)13-8/h2-3,6,11H,4-5H2,1H3. The summed E-state index contributed by atoms with van der Waals surface area (Å²) in [6.45, 7) is 3.05. The molecule has 0 aliphatic heterocycles. The number of nitrogens with zero attached hydrogens (tertiary/aromatic N) is 4. The zero-order valence-corrected chi connectivity index (χ0v) is 10.1. The van der Waals surface area contributed by atoms with Crippen LogP contribution in [0, 0.1) is 6.92 Å². The molecule has 0 saturated heterocycles. The van der Waals surface area contributed by atoms with Crippen LogP contribution in [0.4, 0.5) is 0 Å². The highest BCUT2D eigenvalue weighted by Gasteiger charge is 2.04. The summed E-state index contributed by atoms with van der Waals surface area (Å²) in [6, 6.07) is 0. The number of aryl methyl sites for hydroxylation is 1. The molecule has 0 unspecified atom stereocenters. The van der Waals surface area contributed by atoms with Gasteiger partial charge in [-0.2, -0.15) is 4.98 Å². The van der Waals surface area contributed by atoms with Crippen molar-refractivity contribution >= 4 is 16.3 Å². The molecule has 6 nitrogen and oxygen atoms in total. The van der Waals surface area contributed by atoms with Crippen LogP contribution in [0.5, 0.6) is 0 Å². The third-order valence-electron chi connectivity index (χ3n) is 2.30. The largest absolute Gasteiger partial charge is 0.338 e. The van der Waals surface area contributed by atoms with E-state index in [0.29, 0.717) is 24.8 Å². The number of hydrogen-bond acceptors (Lipinski definition) is 6. The summed E-state index contributed by atoms with van der Waals surface area (Å²) in [5.74, 6) is 1.26. The Morgan fingerprint density at radius 3 is 3.12 bits per heavy atom. The van der Waals surface area contributed by atoms with E-state index in [4.69, 9.17) is 4.52 Å². The molecule has 0 aliphatic rings. The third kappa shape index (κ3) is 2.20. The summed E-state index contributed by atoms with van der Waals surface area (Å²) in [6.07, 6.45) is 4.01. The van der Waals surface area contributed by atoms with Gasteiger partial charge in [-0.15, -0.1) is 11.3 Å². The van der Waals surface area contributed by atoms with Crippen molar-refractivity contribution in [3.05, 3.63) is 35.2 Å². The van der Waals surface area contributed by atoms with E-state index in [2.05, 4.69) is 20.4 Å². The van der Waals surface area contributed by atoms with Crippen molar-refractivity contribution in [2.45, 2.75) is 20.0 Å². The fourth-order valence-electron chi connectivity index (χ4n) is 1.57. The molecule has 1 N–H and O–H groups in total. The SMILES string of the molecule is Cc1noc(CNCc2cn3ccsc3n2)n1. The maximum atomic E-state index is 5.00. The van der Waals surface area contributed by atoms with Gasteiger partial charge < -0.3 is 9.84 Å². The summed E-state index contributed by atoms with van der Waals surface area (Å²) in [4.78, 5) is 9.58. The van der Waals surface area contributed by atoms with E-state index in [-0.39, 0.29) is 0 Å². The van der Waals surface area contributed by atoms with Gasteiger partial charge in [0.15, 0.2) is 10.8 Å². The van der Waals surface area contributed by atoms with Crippen molar-refractivity contribution in [1.82, 2.24) is 24.8 Å². The van der Waals surface area contributed by atoms with E-state index < -0.39 is 0 Å². The Kier molecular flexibility index (Phi) is 2.62. The fraction of sp³-hybridized carbons (Fsp3) is 0.300. The molecule has 0 atom stereocenters. The highest BCUT2D eigenvalue weighted by molar-refractivity contribution is 7.15. The van der Waals surface area contributed by atoms with Crippen LogP contribution in [0.15, 0.2) is 22.3 Å². The van der Waals surface area contributed by atoms with Gasteiger partial charge >= 0.3 is 0 Å². The first kappa shape index (κ1) is 10.4. The molecule has 3 rings (SSSR count). The normalized spacial score (nSPS) is 11.4. The number of thiazole rings is 1. The highest BCUT2D eigenvalue weighted by Crippen LogP contribution is 2.11. The number of rotatable bonds is 4. The number of aromatic nitrogens is 4. The number of hydrogen-bond donors (Lipinski definition) is 1. The molecule has 0 amide bonds. The third-order valence-corrected chi connectivity index (χ3v) is 3.07. The minimum atomic E-state index is 0.562. The molecule has 0 saturated carbocycles. The summed E-state index contributed by atoms with van der Waals surface area (Å²) in [5, 5.41) is 8.95. The molecule has 17 heavy (non-hydrogen) atoms. The van der Waals surface area contributed by atoms with Crippen molar-refractivity contribution in [2.24, 2.45) is 0 Å². The lowest BCUT2D eigenvalue weighted by molar-refractivity contribution is 0.364. The molecule has 0 radical (unpaired) electrons. The molecule has 0 spiro atoms. The average molecular weight is 249 g/mol. The second-order valence-corrected chi connectivity index (χ2v) is 4.54. The Labute approximate surface area is 101 Å². The first-order valence-corrected chi connectivity index (χ1v) is 6.10. The maximum Gasteiger partial charge on any atom is 0.240 e. The molecular formula is C10H11N5OS. The van der Waals surface area contributed by atoms with Crippen molar-refractivity contribution < 1.29 is 4.52 Å². The van der Waals surface area contributed by atoms with Crippen molar-refractivity contribution in [2.75, 3.05) is 0 Å². The quantitative estimate of drug-likeness (QED) is 0.756. The van der Waals surface area contributed by atoms with Crippen molar-refractivity contribution in [1.29, 1.82) is 0 Å². The van der Waals surface area contributed by atoms with E-state index in [1.807, 2.05) is 22.2 Å². The highest BCUT2D eigenvalue weighted by atomic mass is 32.1. The predicted molar refractivity (Wildman–Crippen MR) is 62.6 cm³/mol. The number of imidazole rings is 1. The monoisotopic (exact) mass is 249 g/mol. The van der Waals surface area contributed by atoms with E-state index in [1.165, 1.54) is 0 Å². The fourth-order valence-corrected chi connectivity index (χ4v) is 2.29. The van der Waals surface area contributed by atoms with Crippen LogP contribution in [0.25, 0.3) is 4.96 Å². The average Bonchev–Trinajstić information content (AvgIpc) is 2.94. The van der Waals surface area contributed by atoms with E-state index in [9.17, 15) is 0 Å². The van der Waals surface area contributed by atoms with Crippen molar-refractivity contribution in [3.63, 3.8) is 0 Å². The molecule has 0 aromatic carbocycles. The second kappa shape index (κ2) is 4.27. The minimum absolute atomic E-state index is 0.562. The topological polar surface area (TPSA) is 68.2 Å².